The molecule has 5 nitrogen and oxygen atoms in total. The van der Waals surface area contributed by atoms with E-state index in [1.807, 2.05) is 24.3 Å². The van der Waals surface area contributed by atoms with Crippen LogP contribution in [0.15, 0.2) is 24.3 Å². The molecule has 1 fully saturated rings. The SMILES string of the molecule is O=C(O)CC1CCCN(CC2COc3ccccc3O2)C1. The molecule has 3 rings (SSSR count). The van der Waals surface area contributed by atoms with Crippen molar-refractivity contribution in [1.82, 2.24) is 4.90 Å². The second-order valence-corrected chi connectivity index (χ2v) is 5.86. The third-order valence-corrected chi connectivity index (χ3v) is 4.10. The third kappa shape index (κ3) is 3.67. The smallest absolute Gasteiger partial charge is 0.303 e. The van der Waals surface area contributed by atoms with E-state index in [4.69, 9.17) is 14.6 Å². The number of aliphatic carboxylic acids is 1. The van der Waals surface area contributed by atoms with Gasteiger partial charge in [0, 0.05) is 19.5 Å². The number of rotatable bonds is 4. The van der Waals surface area contributed by atoms with Gasteiger partial charge >= 0.3 is 5.97 Å². The van der Waals surface area contributed by atoms with Gasteiger partial charge in [0.2, 0.25) is 0 Å². The molecule has 0 bridgehead atoms. The summed E-state index contributed by atoms with van der Waals surface area (Å²) >= 11 is 0. The molecule has 5 heteroatoms. The van der Waals surface area contributed by atoms with E-state index >= 15 is 0 Å². The molecule has 2 atom stereocenters. The highest BCUT2D eigenvalue weighted by atomic mass is 16.6. The lowest BCUT2D eigenvalue weighted by molar-refractivity contribution is -0.138. The molecule has 0 spiro atoms. The Bertz CT molecular complexity index is 505. The Hall–Kier alpha value is -1.75. The van der Waals surface area contributed by atoms with Gasteiger partial charge in [0.05, 0.1) is 0 Å². The number of carbonyl (C=O) groups is 1. The summed E-state index contributed by atoms with van der Waals surface area (Å²) in [7, 11) is 0. The molecule has 2 heterocycles. The van der Waals surface area contributed by atoms with Gasteiger partial charge in [-0.2, -0.15) is 0 Å². The zero-order valence-corrected chi connectivity index (χ0v) is 12.0. The maximum absolute atomic E-state index is 10.8. The van der Waals surface area contributed by atoms with Crippen LogP contribution in [0.5, 0.6) is 11.5 Å². The Labute approximate surface area is 124 Å². The van der Waals surface area contributed by atoms with Crippen molar-refractivity contribution in [2.45, 2.75) is 25.4 Å². The summed E-state index contributed by atoms with van der Waals surface area (Å²) < 4.78 is 11.7. The highest BCUT2D eigenvalue weighted by Gasteiger charge is 2.27. The fourth-order valence-corrected chi connectivity index (χ4v) is 3.17. The van der Waals surface area contributed by atoms with Crippen LogP contribution in [0.3, 0.4) is 0 Å². The molecule has 0 aromatic heterocycles. The molecule has 1 aromatic carbocycles. The quantitative estimate of drug-likeness (QED) is 0.919. The molecule has 0 radical (unpaired) electrons. The number of fused-ring (bicyclic) bond motifs is 1. The van der Waals surface area contributed by atoms with Crippen LogP contribution in [0.4, 0.5) is 0 Å². The first-order chi connectivity index (χ1) is 10.2. The molecular weight excluding hydrogens is 270 g/mol. The van der Waals surface area contributed by atoms with E-state index in [2.05, 4.69) is 4.90 Å². The van der Waals surface area contributed by atoms with Gasteiger partial charge in [0.15, 0.2) is 11.5 Å². The van der Waals surface area contributed by atoms with Crippen molar-refractivity contribution < 1.29 is 19.4 Å². The highest BCUT2D eigenvalue weighted by molar-refractivity contribution is 5.67. The minimum atomic E-state index is -0.701. The lowest BCUT2D eigenvalue weighted by Crippen LogP contribution is -2.45. The van der Waals surface area contributed by atoms with Crippen molar-refractivity contribution in [3.63, 3.8) is 0 Å². The second kappa shape index (κ2) is 6.35. The van der Waals surface area contributed by atoms with E-state index in [1.165, 1.54) is 0 Å². The Kier molecular flexibility index (Phi) is 4.29. The molecule has 2 aliphatic rings. The molecule has 1 aromatic rings. The zero-order chi connectivity index (χ0) is 14.7. The van der Waals surface area contributed by atoms with E-state index in [0.29, 0.717) is 6.61 Å². The van der Waals surface area contributed by atoms with Crippen molar-refractivity contribution in [1.29, 1.82) is 0 Å². The highest BCUT2D eigenvalue weighted by Crippen LogP contribution is 2.31. The molecule has 0 saturated carbocycles. The number of hydrogen-bond donors (Lipinski definition) is 1. The Morgan fingerprint density at radius 1 is 1.33 bits per heavy atom. The second-order valence-electron chi connectivity index (χ2n) is 5.86. The number of benzene rings is 1. The van der Waals surface area contributed by atoms with Crippen molar-refractivity contribution in [3.05, 3.63) is 24.3 Å². The van der Waals surface area contributed by atoms with Gasteiger partial charge in [-0.15, -0.1) is 0 Å². The average Bonchev–Trinajstić information content (AvgIpc) is 2.47. The Morgan fingerprint density at radius 3 is 2.95 bits per heavy atom. The van der Waals surface area contributed by atoms with Gasteiger partial charge in [0.25, 0.3) is 0 Å². The summed E-state index contributed by atoms with van der Waals surface area (Å²) in [6.45, 7) is 3.20. The molecule has 0 amide bonds. The first kappa shape index (κ1) is 14.2. The Balaban J connectivity index is 1.54. The first-order valence-electron chi connectivity index (χ1n) is 7.53. The zero-order valence-electron chi connectivity index (χ0n) is 12.0. The van der Waals surface area contributed by atoms with Crippen LogP contribution in [0, 0.1) is 5.92 Å². The number of ether oxygens (including phenoxy) is 2. The van der Waals surface area contributed by atoms with Crippen molar-refractivity contribution in [2.24, 2.45) is 5.92 Å². The topological polar surface area (TPSA) is 59.0 Å². The van der Waals surface area contributed by atoms with Crippen LogP contribution in [0.25, 0.3) is 0 Å². The number of hydrogen-bond acceptors (Lipinski definition) is 4. The van der Waals surface area contributed by atoms with E-state index in [1.54, 1.807) is 0 Å². The van der Waals surface area contributed by atoms with Crippen LogP contribution in [-0.4, -0.2) is 48.3 Å². The number of piperidine rings is 1. The van der Waals surface area contributed by atoms with Crippen LogP contribution in [0.2, 0.25) is 0 Å². The summed E-state index contributed by atoms with van der Waals surface area (Å²) in [6.07, 6.45) is 2.35. The fourth-order valence-electron chi connectivity index (χ4n) is 3.17. The number of likely N-dealkylation sites (tertiary alicyclic amines) is 1. The lowest BCUT2D eigenvalue weighted by Gasteiger charge is -2.35. The minimum Gasteiger partial charge on any atom is -0.486 e. The van der Waals surface area contributed by atoms with Crippen LogP contribution >= 0.6 is 0 Å². The maximum atomic E-state index is 10.8. The summed E-state index contributed by atoms with van der Waals surface area (Å²) in [6, 6.07) is 7.71. The first-order valence-corrected chi connectivity index (χ1v) is 7.53. The van der Waals surface area contributed by atoms with E-state index in [0.717, 1.165) is 44.0 Å². The van der Waals surface area contributed by atoms with Gasteiger partial charge in [-0.3, -0.25) is 9.69 Å². The predicted octanol–water partition coefficient (Wildman–Crippen LogP) is 2.01. The monoisotopic (exact) mass is 291 g/mol. The van der Waals surface area contributed by atoms with E-state index < -0.39 is 5.97 Å². The van der Waals surface area contributed by atoms with Crippen LogP contribution < -0.4 is 9.47 Å². The molecule has 2 aliphatic heterocycles. The van der Waals surface area contributed by atoms with Crippen LogP contribution in [0.1, 0.15) is 19.3 Å². The predicted molar refractivity (Wildman–Crippen MR) is 77.8 cm³/mol. The van der Waals surface area contributed by atoms with Crippen molar-refractivity contribution in [3.8, 4) is 11.5 Å². The van der Waals surface area contributed by atoms with Gasteiger partial charge in [-0.25, -0.2) is 0 Å². The van der Waals surface area contributed by atoms with Gasteiger partial charge < -0.3 is 14.6 Å². The standard InChI is InChI=1S/C16H21NO4/c18-16(19)8-12-4-3-7-17(9-12)10-13-11-20-14-5-1-2-6-15(14)21-13/h1-2,5-6,12-13H,3-4,7-11H2,(H,18,19). The normalized spacial score (nSPS) is 25.5. The minimum absolute atomic E-state index is 0.0171. The number of nitrogens with zero attached hydrogens (tertiary/aromatic N) is 1. The molecule has 21 heavy (non-hydrogen) atoms. The lowest BCUT2D eigenvalue weighted by atomic mass is 9.94. The van der Waals surface area contributed by atoms with E-state index in [-0.39, 0.29) is 18.4 Å². The molecule has 0 aliphatic carbocycles. The molecule has 1 N–H and O–H groups in total. The molecular formula is C16H21NO4. The fraction of sp³-hybridized carbons (Fsp3) is 0.562. The van der Waals surface area contributed by atoms with Crippen molar-refractivity contribution in [2.75, 3.05) is 26.2 Å². The van der Waals surface area contributed by atoms with Crippen molar-refractivity contribution >= 4 is 5.97 Å². The summed E-state index contributed by atoms with van der Waals surface area (Å²) in [5.41, 5.74) is 0. The number of carboxylic acids is 1. The average molecular weight is 291 g/mol. The molecule has 1 saturated heterocycles. The Morgan fingerprint density at radius 2 is 2.14 bits per heavy atom. The van der Waals surface area contributed by atoms with E-state index in [9.17, 15) is 4.79 Å². The van der Waals surface area contributed by atoms with Gasteiger partial charge in [0.1, 0.15) is 12.7 Å². The largest absolute Gasteiger partial charge is 0.486 e. The molecule has 2 unspecified atom stereocenters. The number of carboxylic acid groups (broad SMARTS) is 1. The van der Waals surface area contributed by atoms with Gasteiger partial charge in [-0.1, -0.05) is 12.1 Å². The summed E-state index contributed by atoms with van der Waals surface area (Å²) in [5, 5.41) is 8.92. The third-order valence-electron chi connectivity index (χ3n) is 4.10. The van der Waals surface area contributed by atoms with Gasteiger partial charge in [-0.05, 0) is 37.4 Å². The number of para-hydroxylation sites is 2. The maximum Gasteiger partial charge on any atom is 0.303 e. The molecule has 114 valence electrons. The summed E-state index contributed by atoms with van der Waals surface area (Å²) in [5.74, 6) is 1.16. The van der Waals surface area contributed by atoms with Crippen LogP contribution in [-0.2, 0) is 4.79 Å². The summed E-state index contributed by atoms with van der Waals surface area (Å²) in [4.78, 5) is 13.1.